The Labute approximate surface area is 228 Å². The van der Waals surface area contributed by atoms with Crippen molar-refractivity contribution in [2.24, 2.45) is 10.9 Å². The Balaban J connectivity index is 1.71. The number of aliphatic imine (C=N–C) groups is 1. The molecule has 0 spiro atoms. The summed E-state index contributed by atoms with van der Waals surface area (Å²) in [4.78, 5) is 33.1. The van der Waals surface area contributed by atoms with Gasteiger partial charge in [-0.2, -0.15) is 0 Å². The monoisotopic (exact) mass is 537 g/mol. The van der Waals surface area contributed by atoms with Gasteiger partial charge < -0.3 is 18.9 Å². The summed E-state index contributed by atoms with van der Waals surface area (Å²) in [5.41, 5.74) is 3.93. The van der Waals surface area contributed by atoms with Gasteiger partial charge in [-0.05, 0) is 67.8 Å². The molecule has 1 aliphatic heterocycles. The summed E-state index contributed by atoms with van der Waals surface area (Å²) in [5.74, 6) is -0.271. The highest BCUT2D eigenvalue weighted by Crippen LogP contribution is 2.47. The first-order chi connectivity index (χ1) is 18.4. The van der Waals surface area contributed by atoms with Crippen LogP contribution < -0.4 is 9.47 Å². The number of ketones is 1. The molecule has 1 heterocycles. The zero-order valence-electron chi connectivity index (χ0n) is 22.6. The van der Waals surface area contributed by atoms with Gasteiger partial charge >= 0.3 is 5.97 Å². The number of rotatable bonds is 10. The van der Waals surface area contributed by atoms with E-state index in [0.29, 0.717) is 48.8 Å². The fourth-order valence-electron chi connectivity index (χ4n) is 5.31. The number of allylic oxidation sites excluding steroid dienone is 2. The van der Waals surface area contributed by atoms with Crippen molar-refractivity contribution in [1.82, 2.24) is 0 Å². The van der Waals surface area contributed by atoms with Crippen LogP contribution in [-0.4, -0.2) is 57.8 Å². The van der Waals surface area contributed by atoms with Crippen LogP contribution in [0.5, 0.6) is 11.5 Å². The lowest BCUT2D eigenvalue weighted by Gasteiger charge is -2.36. The first-order valence-electron chi connectivity index (χ1n) is 12.8. The van der Waals surface area contributed by atoms with Gasteiger partial charge in [-0.1, -0.05) is 18.2 Å². The van der Waals surface area contributed by atoms with Gasteiger partial charge in [0.1, 0.15) is 12.5 Å². The molecule has 0 amide bonds. The summed E-state index contributed by atoms with van der Waals surface area (Å²) >= 11 is 1.65. The molecule has 3 atom stereocenters. The van der Waals surface area contributed by atoms with Crippen molar-refractivity contribution in [3.8, 4) is 11.5 Å². The average Bonchev–Trinajstić information content (AvgIpc) is 2.94. The molecule has 0 N–H and O–H groups in total. The standard InChI is InChI=1S/C30H35NO6S/c1-6-36-13-14-37-30(33)27-18(2)31-23-15-21(20-9-12-25(34-3)26(17-20)35-4)16-24(32)29(23)28(27)19-7-10-22(38-5)11-8-19/h7-12,17,21,27-28H,6,13-16H2,1-5H3/t21-,27?,28+/m0/s1. The van der Waals surface area contributed by atoms with Gasteiger partial charge in [0.05, 0.1) is 20.8 Å². The predicted molar refractivity (Wildman–Crippen MR) is 149 cm³/mol. The van der Waals surface area contributed by atoms with Gasteiger partial charge in [-0.3, -0.25) is 14.6 Å². The molecule has 4 rings (SSSR count). The summed E-state index contributed by atoms with van der Waals surface area (Å²) in [7, 11) is 3.20. The molecule has 2 aromatic carbocycles. The molecule has 7 nitrogen and oxygen atoms in total. The predicted octanol–water partition coefficient (Wildman–Crippen LogP) is 5.58. The largest absolute Gasteiger partial charge is 0.493 e. The minimum Gasteiger partial charge on any atom is -0.493 e. The van der Waals surface area contributed by atoms with Gasteiger partial charge in [0.25, 0.3) is 0 Å². The molecular formula is C30H35NO6S. The van der Waals surface area contributed by atoms with E-state index in [2.05, 4.69) is 0 Å². The first kappa shape index (κ1) is 27.9. The SMILES string of the molecule is CCOCCOC(=O)C1C(C)=NC2=C(C(=O)C[C@@H](c3ccc(OC)c(OC)c3)C2)[C@@H]1c1ccc(SC)cc1. The number of thioether (sulfide) groups is 1. The van der Waals surface area contributed by atoms with Gasteiger partial charge in [0.15, 0.2) is 17.3 Å². The highest BCUT2D eigenvalue weighted by Gasteiger charge is 2.44. The van der Waals surface area contributed by atoms with Crippen molar-refractivity contribution in [2.45, 2.75) is 43.4 Å². The summed E-state index contributed by atoms with van der Waals surface area (Å²) in [5, 5.41) is 0. The molecule has 8 heteroatoms. The van der Waals surface area contributed by atoms with Gasteiger partial charge in [-0.25, -0.2) is 0 Å². The number of carbonyl (C=O) groups excluding carboxylic acids is 2. The molecule has 1 aliphatic carbocycles. The van der Waals surface area contributed by atoms with Crippen molar-refractivity contribution in [3.63, 3.8) is 0 Å². The van der Waals surface area contributed by atoms with E-state index < -0.39 is 11.8 Å². The third-order valence-corrected chi connectivity index (χ3v) is 7.92. The van der Waals surface area contributed by atoms with E-state index in [9.17, 15) is 9.59 Å². The van der Waals surface area contributed by atoms with E-state index in [1.165, 1.54) is 0 Å². The number of methoxy groups -OCH3 is 2. The Hall–Kier alpha value is -3.10. The van der Waals surface area contributed by atoms with Crippen molar-refractivity contribution in [1.29, 1.82) is 0 Å². The zero-order chi connectivity index (χ0) is 27.2. The van der Waals surface area contributed by atoms with E-state index in [1.807, 2.05) is 62.6 Å². The Morgan fingerprint density at radius 3 is 2.37 bits per heavy atom. The van der Waals surface area contributed by atoms with Crippen LogP contribution >= 0.6 is 11.8 Å². The van der Waals surface area contributed by atoms with Crippen molar-refractivity contribution >= 4 is 29.2 Å². The highest BCUT2D eigenvalue weighted by atomic mass is 32.2. The third kappa shape index (κ3) is 5.81. The highest BCUT2D eigenvalue weighted by molar-refractivity contribution is 7.98. The second kappa shape index (κ2) is 12.6. The lowest BCUT2D eigenvalue weighted by Crippen LogP contribution is -2.38. The number of nitrogens with zero attached hydrogens (tertiary/aromatic N) is 1. The first-order valence-corrected chi connectivity index (χ1v) is 14.1. The number of Topliss-reactive ketones (excluding diaryl/α,β-unsaturated/α-hetero) is 1. The molecule has 38 heavy (non-hydrogen) atoms. The maximum atomic E-state index is 13.8. The van der Waals surface area contributed by atoms with E-state index in [0.717, 1.165) is 21.7 Å². The molecule has 0 saturated heterocycles. The number of esters is 1. The Morgan fingerprint density at radius 1 is 1.00 bits per heavy atom. The number of hydrogen-bond donors (Lipinski definition) is 0. The molecule has 2 aromatic rings. The maximum absolute atomic E-state index is 13.8. The second-order valence-electron chi connectivity index (χ2n) is 9.35. The number of benzene rings is 2. The Morgan fingerprint density at radius 2 is 1.71 bits per heavy atom. The molecule has 0 aromatic heterocycles. The number of hydrogen-bond acceptors (Lipinski definition) is 8. The van der Waals surface area contributed by atoms with Crippen LogP contribution in [0.25, 0.3) is 0 Å². The van der Waals surface area contributed by atoms with E-state index in [1.54, 1.807) is 26.0 Å². The fourth-order valence-corrected chi connectivity index (χ4v) is 5.72. The van der Waals surface area contributed by atoms with Crippen molar-refractivity contribution in [2.75, 3.05) is 40.3 Å². The zero-order valence-corrected chi connectivity index (χ0v) is 23.4. The Kier molecular flexibility index (Phi) is 9.28. The quantitative estimate of drug-likeness (QED) is 0.222. The number of carbonyl (C=O) groups is 2. The molecule has 202 valence electrons. The normalized spacial score (nSPS) is 21.0. The summed E-state index contributed by atoms with van der Waals surface area (Å²) in [6, 6.07) is 13.8. The molecule has 0 fully saturated rings. The minimum atomic E-state index is -0.669. The molecule has 0 saturated carbocycles. The fraction of sp³-hybridized carbons (Fsp3) is 0.433. The average molecular weight is 538 g/mol. The molecule has 1 unspecified atom stereocenters. The molecule has 0 bridgehead atoms. The molecular weight excluding hydrogens is 502 g/mol. The van der Waals surface area contributed by atoms with Crippen LogP contribution in [-0.2, 0) is 19.1 Å². The van der Waals surface area contributed by atoms with Crippen LogP contribution in [0.4, 0.5) is 0 Å². The van der Waals surface area contributed by atoms with Crippen LogP contribution in [0.3, 0.4) is 0 Å². The third-order valence-electron chi connectivity index (χ3n) is 7.17. The van der Waals surface area contributed by atoms with Crippen LogP contribution in [0.1, 0.15) is 49.7 Å². The van der Waals surface area contributed by atoms with Crippen molar-refractivity contribution < 1.29 is 28.5 Å². The number of ether oxygens (including phenoxy) is 4. The summed E-state index contributed by atoms with van der Waals surface area (Å²) in [6.07, 6.45) is 2.94. The van der Waals surface area contributed by atoms with Gasteiger partial charge in [-0.15, -0.1) is 11.8 Å². The molecule has 0 radical (unpaired) electrons. The van der Waals surface area contributed by atoms with Gasteiger partial charge in [0.2, 0.25) is 0 Å². The van der Waals surface area contributed by atoms with Crippen LogP contribution in [0, 0.1) is 5.92 Å². The smallest absolute Gasteiger partial charge is 0.315 e. The van der Waals surface area contributed by atoms with Gasteiger partial charge in [0, 0.05) is 40.8 Å². The lowest BCUT2D eigenvalue weighted by molar-refractivity contribution is -0.148. The summed E-state index contributed by atoms with van der Waals surface area (Å²) < 4.78 is 21.8. The van der Waals surface area contributed by atoms with Crippen LogP contribution in [0.2, 0.25) is 0 Å². The minimum absolute atomic E-state index is 0.00773. The van der Waals surface area contributed by atoms with E-state index in [4.69, 9.17) is 23.9 Å². The lowest BCUT2D eigenvalue weighted by atomic mass is 9.69. The maximum Gasteiger partial charge on any atom is 0.315 e. The van der Waals surface area contributed by atoms with E-state index >= 15 is 0 Å². The van der Waals surface area contributed by atoms with Crippen LogP contribution in [0.15, 0.2) is 63.6 Å². The Bertz CT molecular complexity index is 1240. The molecule has 2 aliphatic rings. The topological polar surface area (TPSA) is 83.4 Å². The second-order valence-corrected chi connectivity index (χ2v) is 10.2. The summed E-state index contributed by atoms with van der Waals surface area (Å²) in [6.45, 7) is 4.80. The van der Waals surface area contributed by atoms with E-state index in [-0.39, 0.29) is 24.3 Å². The van der Waals surface area contributed by atoms with Crippen molar-refractivity contribution in [3.05, 3.63) is 64.9 Å².